The number of nitrogens with zero attached hydrogens (tertiary/aromatic N) is 4. The number of anilines is 1. The normalized spacial score (nSPS) is 16.8. The SMILES string of the molecule is CCCC(=O)N1CCCC1C(=O)Nc1cn(Cc2ccccc2)nn1. The van der Waals surface area contributed by atoms with Crippen molar-refractivity contribution in [3.05, 3.63) is 42.1 Å². The predicted molar refractivity (Wildman–Crippen MR) is 93.8 cm³/mol. The van der Waals surface area contributed by atoms with E-state index in [0.29, 0.717) is 31.7 Å². The van der Waals surface area contributed by atoms with Crippen LogP contribution in [0.5, 0.6) is 0 Å². The van der Waals surface area contributed by atoms with E-state index in [2.05, 4.69) is 15.6 Å². The summed E-state index contributed by atoms with van der Waals surface area (Å²) in [4.78, 5) is 26.3. The molecule has 2 heterocycles. The first-order valence-electron chi connectivity index (χ1n) is 8.71. The maximum atomic E-state index is 12.5. The smallest absolute Gasteiger partial charge is 0.248 e. The van der Waals surface area contributed by atoms with Gasteiger partial charge < -0.3 is 10.2 Å². The topological polar surface area (TPSA) is 80.1 Å². The Kier molecular flexibility index (Phi) is 5.42. The molecule has 2 amide bonds. The van der Waals surface area contributed by atoms with Crippen LogP contribution in [-0.2, 0) is 16.1 Å². The molecule has 0 aliphatic carbocycles. The van der Waals surface area contributed by atoms with Gasteiger partial charge in [0.15, 0.2) is 5.82 Å². The number of rotatable bonds is 6. The van der Waals surface area contributed by atoms with Crippen molar-refractivity contribution in [2.45, 2.75) is 45.2 Å². The van der Waals surface area contributed by atoms with E-state index in [0.717, 1.165) is 18.4 Å². The molecule has 2 aromatic rings. The molecule has 1 saturated heterocycles. The number of nitrogens with one attached hydrogen (secondary N) is 1. The molecular formula is C18H23N5O2. The zero-order valence-electron chi connectivity index (χ0n) is 14.4. The van der Waals surface area contributed by atoms with Crippen molar-refractivity contribution in [1.82, 2.24) is 19.9 Å². The summed E-state index contributed by atoms with van der Waals surface area (Å²) in [6.07, 6.45) is 4.53. The molecule has 1 atom stereocenters. The molecular weight excluding hydrogens is 318 g/mol. The number of hydrogen-bond donors (Lipinski definition) is 1. The number of hydrogen-bond acceptors (Lipinski definition) is 4. The molecule has 0 bridgehead atoms. The minimum Gasteiger partial charge on any atom is -0.331 e. The zero-order valence-corrected chi connectivity index (χ0v) is 14.4. The first-order chi connectivity index (χ1) is 12.2. The molecule has 1 aromatic carbocycles. The van der Waals surface area contributed by atoms with Crippen LogP contribution in [0.4, 0.5) is 5.82 Å². The molecule has 0 spiro atoms. The molecule has 1 fully saturated rings. The number of carbonyl (C=O) groups excluding carboxylic acids is 2. The molecule has 7 nitrogen and oxygen atoms in total. The van der Waals surface area contributed by atoms with Crippen LogP contribution in [0, 0.1) is 0 Å². The lowest BCUT2D eigenvalue weighted by Crippen LogP contribution is -2.43. The summed E-state index contributed by atoms with van der Waals surface area (Å²) in [5, 5.41) is 10.8. The van der Waals surface area contributed by atoms with E-state index < -0.39 is 6.04 Å². The molecule has 1 N–H and O–H groups in total. The Balaban J connectivity index is 1.60. The van der Waals surface area contributed by atoms with Crippen LogP contribution in [0.1, 0.15) is 38.2 Å². The summed E-state index contributed by atoms with van der Waals surface area (Å²) in [5.74, 6) is 0.275. The highest BCUT2D eigenvalue weighted by molar-refractivity contribution is 5.96. The third kappa shape index (κ3) is 4.23. The van der Waals surface area contributed by atoms with Crippen molar-refractivity contribution in [2.75, 3.05) is 11.9 Å². The molecule has 3 rings (SSSR count). The third-order valence-corrected chi connectivity index (χ3v) is 4.32. The number of amides is 2. The molecule has 7 heteroatoms. The van der Waals surface area contributed by atoms with Crippen LogP contribution in [0.2, 0.25) is 0 Å². The number of aromatic nitrogens is 3. The molecule has 0 saturated carbocycles. The van der Waals surface area contributed by atoms with Gasteiger partial charge in [0.2, 0.25) is 11.8 Å². The van der Waals surface area contributed by atoms with Crippen LogP contribution in [-0.4, -0.2) is 44.3 Å². The molecule has 1 unspecified atom stereocenters. The minimum atomic E-state index is -0.404. The van der Waals surface area contributed by atoms with E-state index in [1.165, 1.54) is 0 Å². The summed E-state index contributed by atoms with van der Waals surface area (Å²) >= 11 is 0. The number of carbonyl (C=O) groups is 2. The summed E-state index contributed by atoms with van der Waals surface area (Å²) in [5.41, 5.74) is 1.11. The quantitative estimate of drug-likeness (QED) is 0.872. The first kappa shape index (κ1) is 17.1. The maximum absolute atomic E-state index is 12.5. The van der Waals surface area contributed by atoms with Crippen LogP contribution in [0.15, 0.2) is 36.5 Å². The van der Waals surface area contributed by atoms with Gasteiger partial charge in [-0.15, -0.1) is 5.10 Å². The van der Waals surface area contributed by atoms with Gasteiger partial charge in [-0.2, -0.15) is 0 Å². The predicted octanol–water partition coefficient (Wildman–Crippen LogP) is 2.06. The Bertz CT molecular complexity index is 728. The molecule has 132 valence electrons. The van der Waals surface area contributed by atoms with Gasteiger partial charge >= 0.3 is 0 Å². The highest BCUT2D eigenvalue weighted by Gasteiger charge is 2.33. The summed E-state index contributed by atoms with van der Waals surface area (Å²) in [6.45, 7) is 3.21. The van der Waals surface area contributed by atoms with E-state index in [4.69, 9.17) is 0 Å². The van der Waals surface area contributed by atoms with Gasteiger partial charge in [0.1, 0.15) is 6.04 Å². The van der Waals surface area contributed by atoms with Gasteiger partial charge in [0.25, 0.3) is 0 Å². The lowest BCUT2D eigenvalue weighted by Gasteiger charge is -2.23. The fourth-order valence-corrected chi connectivity index (χ4v) is 3.11. The van der Waals surface area contributed by atoms with Crippen molar-refractivity contribution in [3.8, 4) is 0 Å². The van der Waals surface area contributed by atoms with Gasteiger partial charge in [-0.25, -0.2) is 4.68 Å². The summed E-state index contributed by atoms with van der Waals surface area (Å²) in [7, 11) is 0. The van der Waals surface area contributed by atoms with Gasteiger partial charge in [-0.1, -0.05) is 42.5 Å². The largest absolute Gasteiger partial charge is 0.331 e. The fourth-order valence-electron chi connectivity index (χ4n) is 3.11. The average molecular weight is 341 g/mol. The van der Waals surface area contributed by atoms with Gasteiger partial charge in [0.05, 0.1) is 12.7 Å². The zero-order chi connectivity index (χ0) is 17.6. The monoisotopic (exact) mass is 341 g/mol. The Morgan fingerprint density at radius 2 is 2.08 bits per heavy atom. The lowest BCUT2D eigenvalue weighted by atomic mass is 10.2. The van der Waals surface area contributed by atoms with Gasteiger partial charge in [0, 0.05) is 13.0 Å². The van der Waals surface area contributed by atoms with E-state index in [1.54, 1.807) is 15.8 Å². The number of benzene rings is 1. The van der Waals surface area contributed by atoms with Crippen molar-refractivity contribution in [2.24, 2.45) is 0 Å². The second-order valence-corrected chi connectivity index (χ2v) is 6.27. The summed E-state index contributed by atoms with van der Waals surface area (Å²) < 4.78 is 1.68. The second-order valence-electron chi connectivity index (χ2n) is 6.27. The lowest BCUT2D eigenvalue weighted by molar-refractivity contribution is -0.136. The standard InChI is InChI=1S/C18H23N5O2/c1-2-7-17(24)23-11-6-10-15(23)18(25)19-16-13-22(21-20-16)12-14-8-4-3-5-9-14/h3-5,8-9,13,15H,2,6-7,10-12H2,1H3,(H,19,25). The van der Waals surface area contributed by atoms with Crippen molar-refractivity contribution >= 4 is 17.6 Å². The minimum absolute atomic E-state index is 0.0490. The molecule has 0 radical (unpaired) electrons. The van der Waals surface area contributed by atoms with Crippen LogP contribution >= 0.6 is 0 Å². The van der Waals surface area contributed by atoms with Crippen molar-refractivity contribution in [1.29, 1.82) is 0 Å². The van der Waals surface area contributed by atoms with Crippen LogP contribution in [0.25, 0.3) is 0 Å². The molecule has 1 aliphatic rings. The third-order valence-electron chi connectivity index (χ3n) is 4.32. The maximum Gasteiger partial charge on any atom is 0.248 e. The van der Waals surface area contributed by atoms with E-state index in [1.807, 2.05) is 37.3 Å². The Morgan fingerprint density at radius 1 is 1.28 bits per heavy atom. The molecule has 1 aliphatic heterocycles. The van der Waals surface area contributed by atoms with Gasteiger partial charge in [-0.05, 0) is 24.8 Å². The van der Waals surface area contributed by atoms with Gasteiger partial charge in [-0.3, -0.25) is 9.59 Å². The van der Waals surface area contributed by atoms with Crippen LogP contribution in [0.3, 0.4) is 0 Å². The summed E-state index contributed by atoms with van der Waals surface area (Å²) in [6, 6.07) is 9.52. The van der Waals surface area contributed by atoms with Crippen molar-refractivity contribution in [3.63, 3.8) is 0 Å². The Hall–Kier alpha value is -2.70. The molecule has 25 heavy (non-hydrogen) atoms. The average Bonchev–Trinajstić information content (AvgIpc) is 3.25. The Labute approximate surface area is 147 Å². The first-order valence-corrected chi connectivity index (χ1v) is 8.71. The molecule has 1 aromatic heterocycles. The van der Waals surface area contributed by atoms with Crippen LogP contribution < -0.4 is 5.32 Å². The van der Waals surface area contributed by atoms with E-state index >= 15 is 0 Å². The fraction of sp³-hybridized carbons (Fsp3) is 0.444. The highest BCUT2D eigenvalue weighted by atomic mass is 16.2. The van der Waals surface area contributed by atoms with E-state index in [9.17, 15) is 9.59 Å². The second kappa shape index (κ2) is 7.92. The number of likely N-dealkylation sites (tertiary alicyclic amines) is 1. The highest BCUT2D eigenvalue weighted by Crippen LogP contribution is 2.20. The van der Waals surface area contributed by atoms with E-state index in [-0.39, 0.29) is 11.8 Å². The Morgan fingerprint density at radius 3 is 2.84 bits per heavy atom. The van der Waals surface area contributed by atoms with Crippen molar-refractivity contribution < 1.29 is 9.59 Å².